The van der Waals surface area contributed by atoms with Gasteiger partial charge in [0, 0.05) is 38.3 Å². The molecule has 1 saturated carbocycles. The van der Waals surface area contributed by atoms with Gasteiger partial charge in [0.2, 0.25) is 0 Å². The summed E-state index contributed by atoms with van der Waals surface area (Å²) in [6, 6.07) is 1.64. The van der Waals surface area contributed by atoms with Crippen molar-refractivity contribution in [2.75, 3.05) is 39.8 Å². The van der Waals surface area contributed by atoms with E-state index in [0.717, 1.165) is 23.9 Å². The molecule has 0 aromatic carbocycles. The standard InChI is InChI=1S/C16H31N3/c1-13-5-6-16(17-2)14(10-13)11-18-8-9-19-7-3-4-15(19)12-18/h13-17H,3-12H2,1-2H3. The van der Waals surface area contributed by atoms with Crippen LogP contribution in [0.1, 0.15) is 39.0 Å². The highest BCUT2D eigenvalue weighted by molar-refractivity contribution is 4.90. The molecule has 3 rings (SSSR count). The lowest BCUT2D eigenvalue weighted by Crippen LogP contribution is -2.53. The maximum absolute atomic E-state index is 3.57. The van der Waals surface area contributed by atoms with E-state index in [9.17, 15) is 0 Å². The van der Waals surface area contributed by atoms with Gasteiger partial charge in [-0.3, -0.25) is 4.90 Å². The molecule has 2 aliphatic heterocycles. The van der Waals surface area contributed by atoms with Crippen LogP contribution in [0.3, 0.4) is 0 Å². The lowest BCUT2D eigenvalue weighted by molar-refractivity contribution is 0.0726. The van der Waals surface area contributed by atoms with Crippen LogP contribution in [0.15, 0.2) is 0 Å². The molecule has 1 N–H and O–H groups in total. The van der Waals surface area contributed by atoms with Crippen LogP contribution in [-0.2, 0) is 0 Å². The van der Waals surface area contributed by atoms with Gasteiger partial charge in [0.15, 0.2) is 0 Å². The number of rotatable bonds is 3. The Labute approximate surface area is 118 Å². The minimum absolute atomic E-state index is 0.762. The molecule has 1 aliphatic carbocycles. The van der Waals surface area contributed by atoms with E-state index in [1.807, 2.05) is 0 Å². The summed E-state index contributed by atoms with van der Waals surface area (Å²) >= 11 is 0. The number of piperazine rings is 1. The van der Waals surface area contributed by atoms with Crippen molar-refractivity contribution in [3.05, 3.63) is 0 Å². The van der Waals surface area contributed by atoms with Crippen molar-refractivity contribution < 1.29 is 0 Å². The summed E-state index contributed by atoms with van der Waals surface area (Å²) in [7, 11) is 2.16. The number of hydrogen-bond acceptors (Lipinski definition) is 3. The van der Waals surface area contributed by atoms with E-state index >= 15 is 0 Å². The summed E-state index contributed by atoms with van der Waals surface area (Å²) in [6.07, 6.45) is 7.09. The first kappa shape index (κ1) is 13.8. The molecule has 4 unspecified atom stereocenters. The smallest absolute Gasteiger partial charge is 0.0224 e. The largest absolute Gasteiger partial charge is 0.317 e. The van der Waals surface area contributed by atoms with Crippen LogP contribution >= 0.6 is 0 Å². The Hall–Kier alpha value is -0.120. The molecule has 3 nitrogen and oxygen atoms in total. The van der Waals surface area contributed by atoms with Gasteiger partial charge in [0.25, 0.3) is 0 Å². The van der Waals surface area contributed by atoms with Crippen LogP contribution in [-0.4, -0.2) is 61.7 Å². The van der Waals surface area contributed by atoms with E-state index in [1.165, 1.54) is 64.8 Å². The Balaban J connectivity index is 1.54. The maximum atomic E-state index is 3.57. The number of nitrogens with zero attached hydrogens (tertiary/aromatic N) is 2. The Morgan fingerprint density at radius 1 is 1.11 bits per heavy atom. The van der Waals surface area contributed by atoms with Crippen molar-refractivity contribution in [1.29, 1.82) is 0 Å². The molecular formula is C16H31N3. The second-order valence-corrected chi connectivity index (χ2v) is 7.17. The van der Waals surface area contributed by atoms with Gasteiger partial charge in [-0.15, -0.1) is 0 Å². The fraction of sp³-hybridized carbons (Fsp3) is 1.00. The third kappa shape index (κ3) is 3.14. The molecule has 110 valence electrons. The molecule has 0 aromatic heterocycles. The van der Waals surface area contributed by atoms with Gasteiger partial charge in [-0.2, -0.15) is 0 Å². The van der Waals surface area contributed by atoms with Gasteiger partial charge in [0.1, 0.15) is 0 Å². The molecule has 2 heterocycles. The van der Waals surface area contributed by atoms with E-state index in [4.69, 9.17) is 0 Å². The molecule has 3 aliphatic rings. The first-order chi connectivity index (χ1) is 9.26. The molecule has 19 heavy (non-hydrogen) atoms. The predicted molar refractivity (Wildman–Crippen MR) is 80.4 cm³/mol. The molecule has 0 spiro atoms. The van der Waals surface area contributed by atoms with Crippen LogP contribution in [0.2, 0.25) is 0 Å². The molecule has 0 radical (unpaired) electrons. The van der Waals surface area contributed by atoms with Crippen molar-refractivity contribution in [3.8, 4) is 0 Å². The summed E-state index contributed by atoms with van der Waals surface area (Å²) < 4.78 is 0. The van der Waals surface area contributed by atoms with Crippen molar-refractivity contribution in [3.63, 3.8) is 0 Å². The molecular weight excluding hydrogens is 234 g/mol. The maximum Gasteiger partial charge on any atom is 0.0224 e. The van der Waals surface area contributed by atoms with E-state index in [1.54, 1.807) is 0 Å². The summed E-state index contributed by atoms with van der Waals surface area (Å²) in [5.41, 5.74) is 0. The van der Waals surface area contributed by atoms with Crippen LogP contribution in [0, 0.1) is 11.8 Å². The lowest BCUT2D eigenvalue weighted by Gasteiger charge is -2.42. The normalized spacial score (nSPS) is 41.4. The highest BCUT2D eigenvalue weighted by atomic mass is 15.3. The third-order valence-corrected chi connectivity index (χ3v) is 5.78. The van der Waals surface area contributed by atoms with Crippen molar-refractivity contribution in [1.82, 2.24) is 15.1 Å². The van der Waals surface area contributed by atoms with Gasteiger partial charge < -0.3 is 10.2 Å². The lowest BCUT2D eigenvalue weighted by atomic mass is 9.78. The number of fused-ring (bicyclic) bond motifs is 1. The molecule has 0 amide bonds. The second kappa shape index (κ2) is 6.11. The highest BCUT2D eigenvalue weighted by Gasteiger charge is 2.34. The van der Waals surface area contributed by atoms with Gasteiger partial charge >= 0.3 is 0 Å². The van der Waals surface area contributed by atoms with Gasteiger partial charge in [-0.25, -0.2) is 0 Å². The minimum atomic E-state index is 0.762. The minimum Gasteiger partial charge on any atom is -0.317 e. The van der Waals surface area contributed by atoms with Crippen molar-refractivity contribution in [2.45, 2.75) is 51.1 Å². The molecule has 3 heteroatoms. The van der Waals surface area contributed by atoms with Gasteiger partial charge in [0.05, 0.1) is 0 Å². The highest BCUT2D eigenvalue weighted by Crippen LogP contribution is 2.30. The topological polar surface area (TPSA) is 18.5 Å². The SMILES string of the molecule is CNC1CCC(C)CC1CN1CCN2CCCC2C1. The van der Waals surface area contributed by atoms with Crippen LogP contribution < -0.4 is 5.32 Å². The second-order valence-electron chi connectivity index (χ2n) is 7.17. The molecule has 2 saturated heterocycles. The quantitative estimate of drug-likeness (QED) is 0.839. The average molecular weight is 265 g/mol. The molecule has 3 fully saturated rings. The zero-order valence-corrected chi connectivity index (χ0v) is 12.8. The fourth-order valence-electron chi connectivity index (χ4n) is 4.63. The third-order valence-electron chi connectivity index (χ3n) is 5.78. The van der Waals surface area contributed by atoms with E-state index in [-0.39, 0.29) is 0 Å². The van der Waals surface area contributed by atoms with Crippen molar-refractivity contribution in [2.24, 2.45) is 11.8 Å². The zero-order chi connectivity index (χ0) is 13.2. The monoisotopic (exact) mass is 265 g/mol. The first-order valence-electron chi connectivity index (χ1n) is 8.40. The summed E-state index contributed by atoms with van der Waals surface area (Å²) in [4.78, 5) is 5.48. The summed E-state index contributed by atoms with van der Waals surface area (Å²) in [5, 5.41) is 3.57. The van der Waals surface area contributed by atoms with E-state index < -0.39 is 0 Å². The molecule has 4 atom stereocenters. The van der Waals surface area contributed by atoms with Gasteiger partial charge in [-0.1, -0.05) is 6.92 Å². The Bertz CT molecular complexity index is 294. The van der Waals surface area contributed by atoms with Crippen LogP contribution in [0.4, 0.5) is 0 Å². The fourth-order valence-corrected chi connectivity index (χ4v) is 4.63. The number of nitrogens with one attached hydrogen (secondary N) is 1. The molecule has 0 bridgehead atoms. The summed E-state index contributed by atoms with van der Waals surface area (Å²) in [5.74, 6) is 1.81. The average Bonchev–Trinajstić information content (AvgIpc) is 2.86. The predicted octanol–water partition coefficient (Wildman–Crippen LogP) is 1.79. The first-order valence-corrected chi connectivity index (χ1v) is 8.40. The van der Waals surface area contributed by atoms with Gasteiger partial charge in [-0.05, 0) is 57.5 Å². The Kier molecular flexibility index (Phi) is 4.45. The molecule has 0 aromatic rings. The Morgan fingerprint density at radius 2 is 2.00 bits per heavy atom. The van der Waals surface area contributed by atoms with E-state index in [0.29, 0.717) is 0 Å². The zero-order valence-electron chi connectivity index (χ0n) is 12.8. The van der Waals surface area contributed by atoms with Crippen LogP contribution in [0.25, 0.3) is 0 Å². The van der Waals surface area contributed by atoms with Crippen molar-refractivity contribution >= 4 is 0 Å². The summed E-state index contributed by atoms with van der Waals surface area (Å²) in [6.45, 7) is 9.09. The number of hydrogen-bond donors (Lipinski definition) is 1. The van der Waals surface area contributed by atoms with Crippen LogP contribution in [0.5, 0.6) is 0 Å². The van der Waals surface area contributed by atoms with E-state index in [2.05, 4.69) is 29.1 Å². The Morgan fingerprint density at radius 3 is 2.84 bits per heavy atom.